The van der Waals surface area contributed by atoms with Crippen LogP contribution in [0.1, 0.15) is 53.4 Å². The third-order valence-corrected chi connectivity index (χ3v) is 4.20. The summed E-state index contributed by atoms with van der Waals surface area (Å²) in [7, 11) is 0. The van der Waals surface area contributed by atoms with Gasteiger partial charge in [0.05, 0.1) is 0 Å². The maximum absolute atomic E-state index is 10.6. The number of halogens is 1. The van der Waals surface area contributed by atoms with Gasteiger partial charge in [0, 0.05) is 11.4 Å². The summed E-state index contributed by atoms with van der Waals surface area (Å²) < 4.78 is 6.01. The average Bonchev–Trinajstić information content (AvgIpc) is 2.38. The van der Waals surface area contributed by atoms with Crippen LogP contribution in [0.5, 0.6) is 0 Å². The molecule has 0 aromatic rings. The maximum atomic E-state index is 10.6. The molecule has 2 nitrogen and oxygen atoms in total. The number of carbonyl (C=O) groups excluding carboxylic acids is 1. The van der Waals surface area contributed by atoms with Gasteiger partial charge in [0.25, 0.3) is 0 Å². The van der Waals surface area contributed by atoms with E-state index in [0.717, 1.165) is 30.1 Å². The fourth-order valence-corrected chi connectivity index (χ4v) is 1.96. The van der Waals surface area contributed by atoms with E-state index in [1.807, 2.05) is 6.08 Å². The topological polar surface area (TPSA) is 26.3 Å². The first kappa shape index (κ1) is 19.4. The molecule has 0 bridgehead atoms. The Morgan fingerprint density at radius 3 is 1.90 bits per heavy atom. The zero-order valence-corrected chi connectivity index (χ0v) is 15.3. The van der Waals surface area contributed by atoms with Crippen molar-refractivity contribution in [2.45, 2.75) is 53.4 Å². The molecule has 0 atom stereocenters. The Balaban J connectivity index is 3.89. The lowest BCUT2D eigenvalue weighted by molar-refractivity contribution is -0.139. The highest BCUT2D eigenvalue weighted by Gasteiger charge is 1.93. The fourth-order valence-electron chi connectivity index (χ4n) is 1.65. The van der Waals surface area contributed by atoms with Gasteiger partial charge in [-0.25, -0.2) is 0 Å². The predicted molar refractivity (Wildman–Crippen MR) is 95.3 cm³/mol. The van der Waals surface area contributed by atoms with E-state index in [1.54, 1.807) is 0 Å². The minimum atomic E-state index is -0.223. The molecule has 0 aliphatic rings. The Bertz CT molecular complexity index is 378. The first-order valence-corrected chi connectivity index (χ1v) is 8.64. The number of hydrogen-bond donors (Lipinski definition) is 0. The zero-order chi connectivity index (χ0) is 15.4. The van der Waals surface area contributed by atoms with Gasteiger partial charge in [-0.05, 0) is 52.5 Å². The number of hydrogen-bond acceptors (Lipinski definition) is 2. The Hall–Kier alpha value is -0.580. The van der Waals surface area contributed by atoms with E-state index in [2.05, 4.69) is 55.5 Å². The molecule has 0 spiro atoms. The van der Waals surface area contributed by atoms with Crippen molar-refractivity contribution in [2.75, 3.05) is 11.0 Å². The van der Waals surface area contributed by atoms with E-state index < -0.39 is 0 Å². The molecule has 0 aliphatic carbocycles. The van der Waals surface area contributed by atoms with Gasteiger partial charge in [0.15, 0.2) is 0 Å². The van der Waals surface area contributed by atoms with Crippen LogP contribution < -0.4 is 0 Å². The number of carbonyl (C=O) groups is 1. The predicted octanol–water partition coefficient (Wildman–Crippen LogP) is 5.38. The van der Waals surface area contributed by atoms with E-state index in [4.69, 9.17) is 4.74 Å². The second-order valence-electron chi connectivity index (χ2n) is 5.16. The smallest absolute Gasteiger partial charge is 0.302 e. The summed E-state index contributed by atoms with van der Waals surface area (Å²) in [6, 6.07) is 0. The molecule has 0 unspecified atom stereocenters. The Morgan fingerprint density at radius 1 is 0.900 bits per heavy atom. The summed E-state index contributed by atoms with van der Waals surface area (Å²) in [6.07, 6.45) is 11.0. The maximum Gasteiger partial charge on any atom is 0.302 e. The molecule has 0 aromatic heterocycles. The molecule has 0 aliphatic heterocycles. The first-order valence-electron chi connectivity index (χ1n) is 7.12. The summed E-state index contributed by atoms with van der Waals surface area (Å²) in [4.78, 5) is 10.6. The largest absolute Gasteiger partial charge is 0.462 e. The molecule has 3 heteroatoms. The van der Waals surface area contributed by atoms with Crippen LogP contribution in [0.15, 0.2) is 34.9 Å². The summed E-state index contributed by atoms with van der Waals surface area (Å²) in [5.74, 6) is -0.223. The molecule has 0 radical (unpaired) electrons. The average molecular weight is 390 g/mol. The molecule has 0 heterocycles. The summed E-state index contributed by atoms with van der Waals surface area (Å²) >= 11 is 2.39. The highest BCUT2D eigenvalue weighted by Crippen LogP contribution is 2.11. The summed E-state index contributed by atoms with van der Waals surface area (Å²) in [5.41, 5.74) is 4.19. The molecule has 0 saturated heterocycles. The van der Waals surface area contributed by atoms with Crippen LogP contribution in [-0.2, 0) is 9.53 Å². The molecule has 0 rings (SSSR count). The number of ether oxygens (including phenoxy) is 1. The van der Waals surface area contributed by atoms with E-state index in [1.165, 1.54) is 23.6 Å². The van der Waals surface area contributed by atoms with Crippen molar-refractivity contribution in [2.24, 2.45) is 0 Å². The molecule has 114 valence electrons. The van der Waals surface area contributed by atoms with Crippen LogP contribution in [0.25, 0.3) is 0 Å². The zero-order valence-electron chi connectivity index (χ0n) is 13.2. The molecular weight excluding hydrogens is 363 g/mol. The van der Waals surface area contributed by atoms with Crippen molar-refractivity contribution in [3.63, 3.8) is 0 Å². The molecule has 20 heavy (non-hydrogen) atoms. The molecule has 0 fully saturated rings. The molecule has 0 amide bonds. The van der Waals surface area contributed by atoms with Gasteiger partial charge < -0.3 is 4.74 Å². The second kappa shape index (κ2) is 12.2. The first-order chi connectivity index (χ1) is 9.45. The lowest BCUT2D eigenvalue weighted by atomic mass is 10.1. The van der Waals surface area contributed by atoms with Crippen molar-refractivity contribution in [1.29, 1.82) is 0 Å². The van der Waals surface area contributed by atoms with Crippen LogP contribution in [0.2, 0.25) is 0 Å². The van der Waals surface area contributed by atoms with Crippen molar-refractivity contribution in [3.8, 4) is 0 Å². The quantitative estimate of drug-likeness (QED) is 0.229. The van der Waals surface area contributed by atoms with E-state index in [-0.39, 0.29) is 5.97 Å². The van der Waals surface area contributed by atoms with Crippen molar-refractivity contribution < 1.29 is 9.53 Å². The lowest BCUT2D eigenvalue weighted by Crippen LogP contribution is -1.98. The normalized spacial score (nSPS) is 13.6. The van der Waals surface area contributed by atoms with Crippen LogP contribution in [0.3, 0.4) is 0 Å². The van der Waals surface area contributed by atoms with Crippen molar-refractivity contribution >= 4 is 28.6 Å². The third kappa shape index (κ3) is 12.5. The Kier molecular flexibility index (Phi) is 11.8. The SMILES string of the molecule is CC(=O)OC/C=C(\C)CC/C=C(\C)CC/C=C(\C)CI. The standard InChI is InChI=1S/C17H27IO2/c1-14(8-6-10-16(3)13-18)7-5-9-15(2)11-12-20-17(4)19/h7,10-11H,5-6,8-9,12-13H2,1-4H3/b14-7+,15-11+,16-10+. The van der Waals surface area contributed by atoms with Gasteiger partial charge in [-0.15, -0.1) is 0 Å². The van der Waals surface area contributed by atoms with Gasteiger partial charge in [0.1, 0.15) is 6.61 Å². The van der Waals surface area contributed by atoms with Gasteiger partial charge in [-0.1, -0.05) is 51.5 Å². The number of rotatable bonds is 9. The summed E-state index contributed by atoms with van der Waals surface area (Å²) in [5, 5.41) is 0. The number of allylic oxidation sites excluding steroid dienone is 5. The minimum Gasteiger partial charge on any atom is -0.462 e. The highest BCUT2D eigenvalue weighted by molar-refractivity contribution is 14.1. The van der Waals surface area contributed by atoms with Crippen LogP contribution in [-0.4, -0.2) is 17.0 Å². The molecular formula is C17H27IO2. The van der Waals surface area contributed by atoms with E-state index in [0.29, 0.717) is 6.61 Å². The second-order valence-corrected chi connectivity index (χ2v) is 5.93. The van der Waals surface area contributed by atoms with Gasteiger partial charge in [-0.3, -0.25) is 4.79 Å². The lowest BCUT2D eigenvalue weighted by Gasteiger charge is -2.02. The van der Waals surface area contributed by atoms with Gasteiger partial charge in [0.2, 0.25) is 0 Å². The molecule has 0 N–H and O–H groups in total. The van der Waals surface area contributed by atoms with E-state index in [9.17, 15) is 4.79 Å². The van der Waals surface area contributed by atoms with E-state index >= 15 is 0 Å². The fraction of sp³-hybridized carbons (Fsp3) is 0.588. The molecule has 0 aromatic carbocycles. The number of alkyl halides is 1. The van der Waals surface area contributed by atoms with Crippen LogP contribution in [0, 0.1) is 0 Å². The molecule has 0 saturated carbocycles. The van der Waals surface area contributed by atoms with Gasteiger partial charge in [-0.2, -0.15) is 0 Å². The highest BCUT2D eigenvalue weighted by atomic mass is 127. The van der Waals surface area contributed by atoms with Crippen molar-refractivity contribution in [1.82, 2.24) is 0 Å². The Labute approximate surface area is 137 Å². The van der Waals surface area contributed by atoms with Crippen LogP contribution >= 0.6 is 22.6 Å². The van der Waals surface area contributed by atoms with Gasteiger partial charge >= 0.3 is 5.97 Å². The Morgan fingerprint density at radius 2 is 1.40 bits per heavy atom. The minimum absolute atomic E-state index is 0.223. The van der Waals surface area contributed by atoms with Crippen LogP contribution in [0.4, 0.5) is 0 Å². The van der Waals surface area contributed by atoms with Crippen molar-refractivity contribution in [3.05, 3.63) is 34.9 Å². The number of esters is 1. The summed E-state index contributed by atoms with van der Waals surface area (Å²) in [6.45, 7) is 8.29. The monoisotopic (exact) mass is 390 g/mol. The third-order valence-electron chi connectivity index (χ3n) is 2.99.